The van der Waals surface area contributed by atoms with E-state index in [0.29, 0.717) is 31.5 Å². The van der Waals surface area contributed by atoms with E-state index in [1.54, 1.807) is 11.4 Å². The molecule has 0 aromatic rings. The van der Waals surface area contributed by atoms with Crippen LogP contribution < -0.4 is 10.6 Å². The Balaban J connectivity index is 0.00000441. The molecule has 0 aromatic heterocycles. The molecule has 1 rings (SSSR count). The van der Waals surface area contributed by atoms with Crippen LogP contribution in [0.5, 0.6) is 0 Å². The topological polar surface area (TPSA) is 73.8 Å². The fourth-order valence-electron chi connectivity index (χ4n) is 1.95. The Morgan fingerprint density at radius 2 is 1.82 bits per heavy atom. The Labute approximate surface area is 156 Å². The summed E-state index contributed by atoms with van der Waals surface area (Å²) < 4.78 is 25.9. The molecule has 1 saturated heterocycles. The molecule has 0 saturated carbocycles. The number of rotatable bonds is 7. The van der Waals surface area contributed by atoms with Gasteiger partial charge >= 0.3 is 0 Å². The predicted molar refractivity (Wildman–Crippen MR) is 107 cm³/mol. The fourth-order valence-corrected chi connectivity index (χ4v) is 4.44. The van der Waals surface area contributed by atoms with Gasteiger partial charge in [-0.15, -0.1) is 24.0 Å². The first-order chi connectivity index (χ1) is 9.95. The Morgan fingerprint density at radius 1 is 1.23 bits per heavy atom. The smallest absolute Gasteiger partial charge is 0.215 e. The summed E-state index contributed by atoms with van der Waals surface area (Å²) in [6, 6.07) is 0. The highest BCUT2D eigenvalue weighted by Crippen LogP contribution is 2.12. The molecule has 1 aliphatic rings. The Kier molecular flexibility index (Phi) is 11.9. The lowest BCUT2D eigenvalue weighted by Crippen LogP contribution is -2.44. The number of nitrogens with one attached hydrogen (secondary N) is 2. The van der Waals surface area contributed by atoms with Gasteiger partial charge < -0.3 is 10.6 Å². The van der Waals surface area contributed by atoms with E-state index in [1.165, 1.54) is 0 Å². The van der Waals surface area contributed by atoms with Gasteiger partial charge in [0.2, 0.25) is 10.0 Å². The number of halogens is 1. The summed E-state index contributed by atoms with van der Waals surface area (Å²) in [4.78, 5) is 4.10. The monoisotopic (exact) mass is 464 g/mol. The second kappa shape index (κ2) is 11.7. The number of guanidine groups is 1. The molecule has 2 N–H and O–H groups in total. The largest absolute Gasteiger partial charge is 0.356 e. The molecular formula is C13H29IN4O2S2. The summed E-state index contributed by atoms with van der Waals surface area (Å²) in [7, 11) is -1.45. The van der Waals surface area contributed by atoms with Crippen molar-refractivity contribution in [3.63, 3.8) is 0 Å². The molecular weight excluding hydrogens is 435 g/mol. The highest BCUT2D eigenvalue weighted by atomic mass is 127. The van der Waals surface area contributed by atoms with E-state index in [9.17, 15) is 8.42 Å². The molecule has 9 heteroatoms. The van der Waals surface area contributed by atoms with E-state index >= 15 is 0 Å². The second-order valence-corrected chi connectivity index (χ2v) is 8.75. The first-order valence-electron chi connectivity index (χ1n) is 7.46. The molecule has 132 valence electrons. The zero-order chi connectivity index (χ0) is 15.7. The average Bonchev–Trinajstić information content (AvgIpc) is 2.46. The van der Waals surface area contributed by atoms with Crippen molar-refractivity contribution in [2.45, 2.75) is 20.3 Å². The van der Waals surface area contributed by atoms with Gasteiger partial charge in [-0.3, -0.25) is 4.99 Å². The number of aliphatic imine (C=N–C) groups is 1. The van der Waals surface area contributed by atoms with E-state index in [-0.39, 0.29) is 29.7 Å². The third-order valence-electron chi connectivity index (χ3n) is 3.25. The molecule has 1 fully saturated rings. The van der Waals surface area contributed by atoms with Crippen LogP contribution in [0.3, 0.4) is 0 Å². The minimum Gasteiger partial charge on any atom is -0.356 e. The average molecular weight is 464 g/mol. The molecule has 0 amide bonds. The van der Waals surface area contributed by atoms with Gasteiger partial charge in [0.15, 0.2) is 5.96 Å². The third-order valence-corrected chi connectivity index (χ3v) is 6.07. The van der Waals surface area contributed by atoms with Crippen molar-refractivity contribution in [1.82, 2.24) is 14.9 Å². The van der Waals surface area contributed by atoms with E-state index in [1.807, 2.05) is 11.8 Å². The molecule has 0 bridgehead atoms. The molecule has 0 aliphatic carbocycles. The van der Waals surface area contributed by atoms with E-state index in [2.05, 4.69) is 29.5 Å². The number of sulfonamides is 1. The number of nitrogens with zero attached hydrogens (tertiary/aromatic N) is 2. The molecule has 0 spiro atoms. The number of hydrogen-bond donors (Lipinski definition) is 2. The third kappa shape index (κ3) is 8.78. The summed E-state index contributed by atoms with van der Waals surface area (Å²) in [6.45, 7) is 6.83. The Morgan fingerprint density at radius 3 is 2.36 bits per heavy atom. The predicted octanol–water partition coefficient (Wildman–Crippen LogP) is 1.19. The molecule has 1 aliphatic heterocycles. The lowest BCUT2D eigenvalue weighted by molar-refractivity contribution is 0.443. The first-order valence-corrected chi connectivity index (χ1v) is 10.2. The highest BCUT2D eigenvalue weighted by molar-refractivity contribution is 14.0. The van der Waals surface area contributed by atoms with Gasteiger partial charge in [0.1, 0.15) is 0 Å². The number of hydrogen-bond acceptors (Lipinski definition) is 4. The maximum atomic E-state index is 12.2. The van der Waals surface area contributed by atoms with E-state index in [4.69, 9.17) is 0 Å². The van der Waals surface area contributed by atoms with Gasteiger partial charge in [0, 0.05) is 44.7 Å². The first kappa shape index (κ1) is 22.3. The van der Waals surface area contributed by atoms with Crippen LogP contribution in [0.2, 0.25) is 0 Å². The SMILES string of the molecule is CN=C(NCCC(C)C)NCCS(=O)(=O)N1CCSCC1.I. The van der Waals surface area contributed by atoms with Gasteiger partial charge in [-0.05, 0) is 12.3 Å². The van der Waals surface area contributed by atoms with Gasteiger partial charge in [-0.2, -0.15) is 11.8 Å². The lowest BCUT2D eigenvalue weighted by atomic mass is 10.1. The van der Waals surface area contributed by atoms with Crippen molar-refractivity contribution in [3.05, 3.63) is 0 Å². The minimum atomic E-state index is -3.15. The maximum Gasteiger partial charge on any atom is 0.215 e. The lowest BCUT2D eigenvalue weighted by Gasteiger charge is -2.25. The Hall–Kier alpha value is 0.260. The van der Waals surface area contributed by atoms with Crippen LogP contribution >= 0.6 is 35.7 Å². The van der Waals surface area contributed by atoms with Crippen LogP contribution in [0.25, 0.3) is 0 Å². The normalized spacial score (nSPS) is 17.2. The minimum absolute atomic E-state index is 0. The van der Waals surface area contributed by atoms with E-state index in [0.717, 1.165) is 24.5 Å². The van der Waals surface area contributed by atoms with Crippen molar-refractivity contribution in [1.29, 1.82) is 0 Å². The zero-order valence-corrected chi connectivity index (χ0v) is 17.6. The van der Waals surface area contributed by atoms with Crippen LogP contribution in [0, 0.1) is 5.92 Å². The summed E-state index contributed by atoms with van der Waals surface area (Å²) >= 11 is 1.81. The summed E-state index contributed by atoms with van der Waals surface area (Å²) in [5.41, 5.74) is 0. The Bertz CT molecular complexity index is 424. The molecule has 0 aromatic carbocycles. The van der Waals surface area contributed by atoms with Gasteiger partial charge in [0.25, 0.3) is 0 Å². The van der Waals surface area contributed by atoms with Gasteiger partial charge in [-0.25, -0.2) is 12.7 Å². The highest BCUT2D eigenvalue weighted by Gasteiger charge is 2.23. The van der Waals surface area contributed by atoms with Crippen LogP contribution in [0.15, 0.2) is 4.99 Å². The van der Waals surface area contributed by atoms with Crippen LogP contribution in [-0.4, -0.2) is 69.2 Å². The van der Waals surface area contributed by atoms with Crippen molar-refractivity contribution in [2.75, 3.05) is 50.5 Å². The quantitative estimate of drug-likeness (QED) is 0.337. The van der Waals surface area contributed by atoms with Gasteiger partial charge in [-0.1, -0.05) is 13.8 Å². The van der Waals surface area contributed by atoms with Crippen molar-refractivity contribution in [3.8, 4) is 0 Å². The summed E-state index contributed by atoms with van der Waals surface area (Å²) in [6.07, 6.45) is 1.06. The molecule has 0 unspecified atom stereocenters. The maximum absolute atomic E-state index is 12.2. The fraction of sp³-hybridized carbons (Fsp3) is 0.923. The van der Waals surface area contributed by atoms with Crippen LogP contribution in [0.4, 0.5) is 0 Å². The van der Waals surface area contributed by atoms with Crippen LogP contribution in [-0.2, 0) is 10.0 Å². The summed E-state index contributed by atoms with van der Waals surface area (Å²) in [5, 5.41) is 6.26. The standard InChI is InChI=1S/C13H28N4O2S2.HI/c1-12(2)4-5-15-13(14-3)16-6-11-21(18,19)17-7-9-20-10-8-17;/h12H,4-11H2,1-3H3,(H2,14,15,16);1H. The van der Waals surface area contributed by atoms with Crippen molar-refractivity contribution >= 4 is 51.7 Å². The second-order valence-electron chi connectivity index (χ2n) is 5.44. The zero-order valence-electron chi connectivity index (χ0n) is 13.7. The molecule has 0 atom stereocenters. The van der Waals surface area contributed by atoms with Crippen molar-refractivity contribution in [2.24, 2.45) is 10.9 Å². The van der Waals surface area contributed by atoms with Gasteiger partial charge in [0.05, 0.1) is 5.75 Å². The molecule has 6 nitrogen and oxygen atoms in total. The van der Waals surface area contributed by atoms with E-state index < -0.39 is 10.0 Å². The molecule has 22 heavy (non-hydrogen) atoms. The number of thioether (sulfide) groups is 1. The molecule has 1 heterocycles. The van der Waals surface area contributed by atoms with Crippen LogP contribution in [0.1, 0.15) is 20.3 Å². The summed E-state index contributed by atoms with van der Waals surface area (Å²) in [5.74, 6) is 3.20. The molecule has 0 radical (unpaired) electrons. The van der Waals surface area contributed by atoms with Crippen molar-refractivity contribution < 1.29 is 8.42 Å².